The molecule has 2 heterocycles. The lowest BCUT2D eigenvalue weighted by atomic mass is 10.1. The van der Waals surface area contributed by atoms with E-state index in [1.165, 1.54) is 6.07 Å². The normalized spacial score (nSPS) is 18.6. The predicted octanol–water partition coefficient (Wildman–Crippen LogP) is 3.04. The Labute approximate surface area is 118 Å². The summed E-state index contributed by atoms with van der Waals surface area (Å²) in [6.07, 6.45) is 5.83. The molecule has 20 heavy (non-hydrogen) atoms. The molecule has 0 amide bonds. The van der Waals surface area contributed by atoms with Crippen molar-refractivity contribution in [1.82, 2.24) is 4.57 Å². The van der Waals surface area contributed by atoms with Gasteiger partial charge in [0.05, 0.1) is 6.54 Å². The summed E-state index contributed by atoms with van der Waals surface area (Å²) in [5, 5.41) is 0. The van der Waals surface area contributed by atoms with Crippen LogP contribution in [0.25, 0.3) is 0 Å². The predicted molar refractivity (Wildman–Crippen MR) is 76.2 cm³/mol. The highest BCUT2D eigenvalue weighted by atomic mass is 19.1. The Hall–Kier alpha value is -1.81. The smallest absolute Gasteiger partial charge is 0.123 e. The number of benzene rings is 1. The summed E-state index contributed by atoms with van der Waals surface area (Å²) in [6.45, 7) is 2.83. The van der Waals surface area contributed by atoms with Crippen LogP contribution in [-0.4, -0.2) is 10.7 Å². The van der Waals surface area contributed by atoms with Crippen molar-refractivity contribution in [2.75, 3.05) is 0 Å². The molecule has 1 aromatic carbocycles. The Kier molecular flexibility index (Phi) is 3.49. The zero-order chi connectivity index (χ0) is 14.1. The molecule has 3 rings (SSSR count). The Morgan fingerprint density at radius 2 is 2.30 bits per heavy atom. The van der Waals surface area contributed by atoms with Gasteiger partial charge in [0, 0.05) is 30.4 Å². The first-order chi connectivity index (χ1) is 9.65. The molecule has 3 nitrogen and oxygen atoms in total. The third kappa shape index (κ3) is 2.56. The second kappa shape index (κ2) is 5.29. The van der Waals surface area contributed by atoms with E-state index in [2.05, 4.69) is 23.8 Å². The summed E-state index contributed by atoms with van der Waals surface area (Å²) >= 11 is 0. The highest BCUT2D eigenvalue weighted by molar-refractivity contribution is 5.37. The summed E-state index contributed by atoms with van der Waals surface area (Å²) in [6, 6.07) is 6.85. The van der Waals surface area contributed by atoms with Gasteiger partial charge in [-0.3, -0.25) is 0 Å². The van der Waals surface area contributed by atoms with Crippen LogP contribution in [-0.2, 0) is 13.0 Å². The van der Waals surface area contributed by atoms with Gasteiger partial charge in [0.15, 0.2) is 0 Å². The average Bonchev–Trinajstić information content (AvgIpc) is 3.04. The molecule has 106 valence electrons. The second-order valence-corrected chi connectivity index (χ2v) is 5.35. The molecule has 0 bridgehead atoms. The number of ether oxygens (including phenoxy) is 1. The molecule has 0 radical (unpaired) electrons. The quantitative estimate of drug-likeness (QED) is 0.931. The number of nitrogens with zero attached hydrogens (tertiary/aromatic N) is 1. The molecule has 0 saturated carbocycles. The maximum atomic E-state index is 13.2. The Morgan fingerprint density at radius 3 is 3.10 bits per heavy atom. The van der Waals surface area contributed by atoms with E-state index in [1.54, 1.807) is 12.1 Å². The van der Waals surface area contributed by atoms with Crippen LogP contribution < -0.4 is 10.5 Å². The van der Waals surface area contributed by atoms with Crippen LogP contribution in [0.1, 0.15) is 30.5 Å². The van der Waals surface area contributed by atoms with Crippen LogP contribution in [0.3, 0.4) is 0 Å². The van der Waals surface area contributed by atoms with Crippen molar-refractivity contribution >= 4 is 0 Å². The lowest BCUT2D eigenvalue weighted by Gasteiger charge is -2.12. The molecular formula is C16H19FN2O. The Morgan fingerprint density at radius 1 is 1.45 bits per heavy atom. The van der Waals surface area contributed by atoms with Gasteiger partial charge in [-0.1, -0.05) is 6.92 Å². The first-order valence-corrected chi connectivity index (χ1v) is 7.02. The molecular weight excluding hydrogens is 255 g/mol. The SMILES string of the molecule is CCC(N)c1ccn(CC2Cc3cc(F)ccc3O2)c1. The van der Waals surface area contributed by atoms with Crippen LogP contribution in [0.4, 0.5) is 4.39 Å². The third-order valence-corrected chi connectivity index (χ3v) is 3.82. The number of halogens is 1. The van der Waals surface area contributed by atoms with Crippen molar-refractivity contribution in [3.05, 3.63) is 53.6 Å². The minimum atomic E-state index is -0.204. The van der Waals surface area contributed by atoms with Gasteiger partial charge in [0.1, 0.15) is 17.7 Å². The zero-order valence-corrected chi connectivity index (χ0v) is 11.6. The fraction of sp³-hybridized carbons (Fsp3) is 0.375. The summed E-state index contributed by atoms with van der Waals surface area (Å²) < 4.78 is 21.1. The van der Waals surface area contributed by atoms with E-state index >= 15 is 0 Å². The number of hydrogen-bond donors (Lipinski definition) is 1. The van der Waals surface area contributed by atoms with Crippen molar-refractivity contribution in [2.45, 2.75) is 38.5 Å². The summed E-state index contributed by atoms with van der Waals surface area (Å²) in [7, 11) is 0. The van der Waals surface area contributed by atoms with E-state index in [1.807, 2.05) is 6.20 Å². The molecule has 2 atom stereocenters. The molecule has 1 aromatic heterocycles. The van der Waals surface area contributed by atoms with Crippen LogP contribution in [0.15, 0.2) is 36.7 Å². The molecule has 2 aromatic rings. The largest absolute Gasteiger partial charge is 0.488 e. The Bertz CT molecular complexity index is 608. The number of fused-ring (bicyclic) bond motifs is 1. The highest BCUT2D eigenvalue weighted by Crippen LogP contribution is 2.30. The second-order valence-electron chi connectivity index (χ2n) is 5.35. The third-order valence-electron chi connectivity index (χ3n) is 3.82. The number of rotatable bonds is 4. The van der Waals surface area contributed by atoms with Crippen LogP contribution in [0.5, 0.6) is 5.75 Å². The van der Waals surface area contributed by atoms with E-state index in [0.717, 1.165) is 36.3 Å². The monoisotopic (exact) mass is 274 g/mol. The molecule has 1 aliphatic rings. The lowest BCUT2D eigenvalue weighted by molar-refractivity contribution is 0.209. The molecule has 0 spiro atoms. The first-order valence-electron chi connectivity index (χ1n) is 7.02. The van der Waals surface area contributed by atoms with Gasteiger partial charge in [-0.2, -0.15) is 0 Å². The Balaban J connectivity index is 1.67. The van der Waals surface area contributed by atoms with Crippen LogP contribution in [0.2, 0.25) is 0 Å². The molecule has 0 fully saturated rings. The summed E-state index contributed by atoms with van der Waals surface area (Å²) in [4.78, 5) is 0. The van der Waals surface area contributed by atoms with Gasteiger partial charge < -0.3 is 15.0 Å². The molecule has 1 aliphatic heterocycles. The van der Waals surface area contributed by atoms with Gasteiger partial charge in [0.2, 0.25) is 0 Å². The van der Waals surface area contributed by atoms with E-state index in [9.17, 15) is 4.39 Å². The van der Waals surface area contributed by atoms with E-state index in [0.29, 0.717) is 0 Å². The fourth-order valence-electron chi connectivity index (χ4n) is 2.65. The van der Waals surface area contributed by atoms with Crippen LogP contribution in [0, 0.1) is 5.82 Å². The molecule has 2 unspecified atom stereocenters. The minimum Gasteiger partial charge on any atom is -0.488 e. The van der Waals surface area contributed by atoms with Crippen molar-refractivity contribution < 1.29 is 9.13 Å². The van der Waals surface area contributed by atoms with Gasteiger partial charge in [-0.15, -0.1) is 0 Å². The fourth-order valence-corrected chi connectivity index (χ4v) is 2.65. The van der Waals surface area contributed by atoms with Crippen molar-refractivity contribution in [3.8, 4) is 5.75 Å². The first kappa shape index (κ1) is 13.2. The van der Waals surface area contributed by atoms with Gasteiger partial charge >= 0.3 is 0 Å². The standard InChI is InChI=1S/C16H19FN2O/c1-2-15(18)11-5-6-19(9-11)10-14-8-12-7-13(17)3-4-16(12)20-14/h3-7,9,14-15H,2,8,10,18H2,1H3. The van der Waals surface area contributed by atoms with Crippen molar-refractivity contribution in [2.24, 2.45) is 5.73 Å². The molecule has 2 N–H and O–H groups in total. The lowest BCUT2D eigenvalue weighted by Crippen LogP contribution is -2.20. The molecule has 0 aliphatic carbocycles. The van der Waals surface area contributed by atoms with E-state index in [4.69, 9.17) is 10.5 Å². The number of hydrogen-bond acceptors (Lipinski definition) is 2. The minimum absolute atomic E-state index is 0.0601. The van der Waals surface area contributed by atoms with Crippen molar-refractivity contribution in [3.63, 3.8) is 0 Å². The van der Waals surface area contributed by atoms with Crippen LogP contribution >= 0.6 is 0 Å². The summed E-state index contributed by atoms with van der Waals surface area (Å²) in [5.41, 5.74) is 8.11. The maximum absolute atomic E-state index is 13.2. The topological polar surface area (TPSA) is 40.2 Å². The van der Waals surface area contributed by atoms with Gasteiger partial charge in [0.25, 0.3) is 0 Å². The van der Waals surface area contributed by atoms with Gasteiger partial charge in [-0.05, 0) is 36.2 Å². The van der Waals surface area contributed by atoms with Crippen molar-refractivity contribution in [1.29, 1.82) is 0 Å². The van der Waals surface area contributed by atoms with E-state index < -0.39 is 0 Å². The maximum Gasteiger partial charge on any atom is 0.123 e. The number of aromatic nitrogens is 1. The summed E-state index contributed by atoms with van der Waals surface area (Å²) in [5.74, 6) is 0.596. The highest BCUT2D eigenvalue weighted by Gasteiger charge is 2.23. The zero-order valence-electron chi connectivity index (χ0n) is 11.6. The van der Waals surface area contributed by atoms with E-state index in [-0.39, 0.29) is 18.0 Å². The molecule has 0 saturated heterocycles. The van der Waals surface area contributed by atoms with Gasteiger partial charge in [-0.25, -0.2) is 4.39 Å². The average molecular weight is 274 g/mol. The molecule has 4 heteroatoms. The number of nitrogens with two attached hydrogens (primary N) is 1.